The average molecular weight is 566 g/mol. The number of esters is 1. The smallest absolute Gasteiger partial charge is 0.408 e. The molecule has 0 heterocycles. The van der Waals surface area contributed by atoms with Crippen molar-refractivity contribution in [2.24, 2.45) is 0 Å². The number of carbonyl (C=O) groups is 4. The zero-order chi connectivity index (χ0) is 29.6. The predicted molar refractivity (Wildman–Crippen MR) is 156 cm³/mol. The van der Waals surface area contributed by atoms with Crippen molar-refractivity contribution in [3.63, 3.8) is 0 Å². The number of hydrogen-bond donors (Lipinski definition) is 2. The molecule has 0 fully saturated rings. The zero-order valence-corrected chi connectivity index (χ0v) is 25.7. The molecule has 0 aliphatic carbocycles. The second-order valence-electron chi connectivity index (χ2n) is 10.5. The molecule has 1 rings (SSSR count). The minimum atomic E-state index is -0.941. The van der Waals surface area contributed by atoms with E-state index in [1.165, 1.54) is 0 Å². The van der Waals surface area contributed by atoms with Crippen LogP contribution in [0.4, 0.5) is 4.79 Å². The number of thioether (sulfide) groups is 1. The molecular weight excluding hydrogens is 518 g/mol. The Hall–Kier alpha value is -2.75. The van der Waals surface area contributed by atoms with Gasteiger partial charge in [-0.1, -0.05) is 37.1 Å². The Morgan fingerprint density at radius 1 is 1.10 bits per heavy atom. The van der Waals surface area contributed by atoms with Crippen molar-refractivity contribution in [1.29, 1.82) is 0 Å². The maximum absolute atomic E-state index is 14.1. The summed E-state index contributed by atoms with van der Waals surface area (Å²) < 4.78 is 10.4. The molecule has 2 N–H and O–H groups in total. The van der Waals surface area contributed by atoms with Gasteiger partial charge in [-0.25, -0.2) is 4.79 Å². The Morgan fingerprint density at radius 2 is 1.79 bits per heavy atom. The van der Waals surface area contributed by atoms with Gasteiger partial charge in [-0.05, 0) is 77.5 Å². The first kappa shape index (κ1) is 34.3. The standard InChI is InChI=1S/C29H47N3O6S/c1-9-11-17-32(27(35)23(15-18-39-8)31-28(36)38-29(5,6)7)25(22-13-12-20(3)19-21(22)4)26(34)30-16-14-24(33)37-10-2/h12-13,19,23,25H,9-11,14-18H2,1-8H3,(H,30,34)(H,31,36). The number of carbonyl (C=O) groups excluding carboxylic acids is 4. The first-order valence-electron chi connectivity index (χ1n) is 13.6. The Balaban J connectivity index is 3.44. The molecule has 1 aromatic carbocycles. The molecule has 3 amide bonds. The van der Waals surface area contributed by atoms with E-state index in [4.69, 9.17) is 9.47 Å². The van der Waals surface area contributed by atoms with Crippen LogP contribution < -0.4 is 10.6 Å². The molecule has 220 valence electrons. The molecule has 9 nitrogen and oxygen atoms in total. The van der Waals surface area contributed by atoms with Crippen LogP contribution >= 0.6 is 11.8 Å². The number of nitrogens with one attached hydrogen (secondary N) is 2. The lowest BCUT2D eigenvalue weighted by Crippen LogP contribution is -2.53. The lowest BCUT2D eigenvalue weighted by Gasteiger charge is -2.35. The van der Waals surface area contributed by atoms with Crippen molar-refractivity contribution in [1.82, 2.24) is 15.5 Å². The third-order valence-corrected chi connectivity index (χ3v) is 6.49. The lowest BCUT2D eigenvalue weighted by atomic mass is 9.96. The van der Waals surface area contributed by atoms with E-state index < -0.39 is 35.7 Å². The Bertz CT molecular complexity index is 963. The van der Waals surface area contributed by atoms with Crippen LogP contribution in [0, 0.1) is 13.8 Å². The number of benzene rings is 1. The van der Waals surface area contributed by atoms with Gasteiger partial charge in [0.05, 0.1) is 13.0 Å². The average Bonchev–Trinajstić information content (AvgIpc) is 2.83. The van der Waals surface area contributed by atoms with E-state index in [-0.39, 0.29) is 25.5 Å². The van der Waals surface area contributed by atoms with Gasteiger partial charge in [0.2, 0.25) is 11.8 Å². The lowest BCUT2D eigenvalue weighted by molar-refractivity contribution is -0.144. The fourth-order valence-electron chi connectivity index (χ4n) is 4.04. The maximum atomic E-state index is 14.1. The summed E-state index contributed by atoms with van der Waals surface area (Å²) >= 11 is 1.56. The van der Waals surface area contributed by atoms with Crippen molar-refractivity contribution in [2.45, 2.75) is 91.8 Å². The fraction of sp³-hybridized carbons (Fsp3) is 0.655. The fourth-order valence-corrected chi connectivity index (χ4v) is 4.51. The number of rotatable bonds is 15. The molecule has 0 bridgehead atoms. The van der Waals surface area contributed by atoms with E-state index in [0.717, 1.165) is 17.5 Å². The third-order valence-electron chi connectivity index (χ3n) is 5.85. The number of nitrogens with zero attached hydrogens (tertiary/aromatic N) is 1. The Morgan fingerprint density at radius 3 is 2.36 bits per heavy atom. The van der Waals surface area contributed by atoms with E-state index in [9.17, 15) is 19.2 Å². The molecule has 10 heteroatoms. The highest BCUT2D eigenvalue weighted by atomic mass is 32.2. The molecule has 2 atom stereocenters. The van der Waals surface area contributed by atoms with Gasteiger partial charge in [0.25, 0.3) is 0 Å². The van der Waals surface area contributed by atoms with Crippen LogP contribution in [0.15, 0.2) is 18.2 Å². The van der Waals surface area contributed by atoms with Crippen LogP contribution in [-0.2, 0) is 23.9 Å². The van der Waals surface area contributed by atoms with Crippen molar-refractivity contribution < 1.29 is 28.7 Å². The van der Waals surface area contributed by atoms with Crippen LogP contribution in [0.25, 0.3) is 0 Å². The molecule has 0 radical (unpaired) electrons. The van der Waals surface area contributed by atoms with E-state index in [1.54, 1.807) is 44.4 Å². The van der Waals surface area contributed by atoms with Gasteiger partial charge in [-0.3, -0.25) is 14.4 Å². The summed E-state index contributed by atoms with van der Waals surface area (Å²) in [6.45, 7) is 13.6. The first-order valence-corrected chi connectivity index (χ1v) is 15.0. The largest absolute Gasteiger partial charge is 0.466 e. The van der Waals surface area contributed by atoms with Crippen LogP contribution in [0.3, 0.4) is 0 Å². The number of alkyl carbamates (subject to hydrolysis) is 1. The third kappa shape index (κ3) is 12.3. The van der Waals surface area contributed by atoms with Gasteiger partial charge in [-0.2, -0.15) is 11.8 Å². The molecule has 0 aliphatic rings. The highest BCUT2D eigenvalue weighted by molar-refractivity contribution is 7.98. The van der Waals surface area contributed by atoms with Gasteiger partial charge in [-0.15, -0.1) is 0 Å². The summed E-state index contributed by atoms with van der Waals surface area (Å²) in [6, 6.07) is 3.94. The van der Waals surface area contributed by atoms with E-state index in [1.807, 2.05) is 45.2 Å². The molecule has 1 aromatic rings. The monoisotopic (exact) mass is 565 g/mol. The highest BCUT2D eigenvalue weighted by Gasteiger charge is 2.36. The quantitative estimate of drug-likeness (QED) is 0.297. The van der Waals surface area contributed by atoms with E-state index >= 15 is 0 Å². The topological polar surface area (TPSA) is 114 Å². The summed E-state index contributed by atoms with van der Waals surface area (Å²) in [4.78, 5) is 53.9. The van der Waals surface area contributed by atoms with Crippen LogP contribution in [0.1, 0.15) is 83.0 Å². The zero-order valence-electron chi connectivity index (χ0n) is 24.8. The molecule has 0 aromatic heterocycles. The number of aryl methyl sites for hydroxylation is 2. The molecule has 0 spiro atoms. The van der Waals surface area contributed by atoms with Crippen LogP contribution in [0.5, 0.6) is 0 Å². The summed E-state index contributed by atoms with van der Waals surface area (Å²) in [5.74, 6) is -0.516. The second-order valence-corrected chi connectivity index (χ2v) is 11.5. The van der Waals surface area contributed by atoms with Gasteiger partial charge < -0.3 is 25.0 Å². The van der Waals surface area contributed by atoms with E-state index in [0.29, 0.717) is 30.7 Å². The Kier molecular flexibility index (Phi) is 15.0. The summed E-state index contributed by atoms with van der Waals surface area (Å²) in [6.07, 6.45) is 3.14. The minimum Gasteiger partial charge on any atom is -0.466 e. The Labute approximate surface area is 238 Å². The highest BCUT2D eigenvalue weighted by Crippen LogP contribution is 2.27. The number of hydrogen-bond acceptors (Lipinski definition) is 7. The maximum Gasteiger partial charge on any atom is 0.408 e. The number of ether oxygens (including phenoxy) is 2. The summed E-state index contributed by atoms with van der Waals surface area (Å²) in [5, 5.41) is 5.58. The molecule has 39 heavy (non-hydrogen) atoms. The van der Waals surface area contributed by atoms with Crippen molar-refractivity contribution in [2.75, 3.05) is 31.7 Å². The van der Waals surface area contributed by atoms with Crippen molar-refractivity contribution in [3.05, 3.63) is 34.9 Å². The van der Waals surface area contributed by atoms with Gasteiger partial charge >= 0.3 is 12.1 Å². The SMILES string of the molecule is CCCCN(C(=O)C(CCSC)NC(=O)OC(C)(C)C)C(C(=O)NCCC(=O)OCC)c1ccc(C)cc1C. The minimum absolute atomic E-state index is 0.0264. The van der Waals surface area contributed by atoms with Gasteiger partial charge in [0.1, 0.15) is 17.7 Å². The normalized spacial score (nSPS) is 12.7. The van der Waals surface area contributed by atoms with Crippen molar-refractivity contribution >= 4 is 35.6 Å². The molecule has 0 aliphatic heterocycles. The van der Waals surface area contributed by atoms with E-state index in [2.05, 4.69) is 10.6 Å². The van der Waals surface area contributed by atoms with Gasteiger partial charge in [0, 0.05) is 13.1 Å². The molecular formula is C29H47N3O6S. The van der Waals surface area contributed by atoms with Crippen LogP contribution in [0.2, 0.25) is 0 Å². The molecule has 0 saturated carbocycles. The molecule has 2 unspecified atom stereocenters. The number of amides is 3. The van der Waals surface area contributed by atoms with Gasteiger partial charge in [0.15, 0.2) is 0 Å². The summed E-state index contributed by atoms with van der Waals surface area (Å²) in [5.41, 5.74) is 1.88. The van der Waals surface area contributed by atoms with Crippen LogP contribution in [-0.4, -0.2) is 72.1 Å². The predicted octanol–water partition coefficient (Wildman–Crippen LogP) is 4.69. The van der Waals surface area contributed by atoms with Crippen molar-refractivity contribution in [3.8, 4) is 0 Å². The first-order chi connectivity index (χ1) is 18.3. The summed E-state index contributed by atoms with van der Waals surface area (Å²) in [7, 11) is 0. The second kappa shape index (κ2) is 17.0. The molecule has 0 saturated heterocycles. The number of unbranched alkanes of at least 4 members (excludes halogenated alkanes) is 1.